The molecule has 4 rings (SSSR count). The van der Waals surface area contributed by atoms with Crippen molar-refractivity contribution >= 4 is 5.91 Å². The Labute approximate surface area is 143 Å². The number of likely N-dealkylation sites (tertiary alicyclic amines) is 1. The molecule has 24 heavy (non-hydrogen) atoms. The molecular weight excluding hydrogens is 296 g/mol. The maximum atomic E-state index is 12.9. The van der Waals surface area contributed by atoms with Gasteiger partial charge < -0.3 is 9.80 Å². The van der Waals surface area contributed by atoms with E-state index in [2.05, 4.69) is 55.4 Å². The Morgan fingerprint density at radius 2 is 1.71 bits per heavy atom. The van der Waals surface area contributed by atoms with Crippen molar-refractivity contribution in [1.82, 2.24) is 9.80 Å². The van der Waals surface area contributed by atoms with E-state index >= 15 is 0 Å². The molecule has 0 N–H and O–H groups in total. The molecule has 0 saturated carbocycles. The number of piperidine rings is 1. The number of carbonyl (C=O) groups excluding carboxylic acids is 1. The molecule has 1 saturated heterocycles. The first kappa shape index (κ1) is 15.4. The summed E-state index contributed by atoms with van der Waals surface area (Å²) >= 11 is 0. The van der Waals surface area contributed by atoms with Crippen LogP contribution < -0.4 is 0 Å². The molecule has 0 unspecified atom stereocenters. The predicted molar refractivity (Wildman–Crippen MR) is 97.3 cm³/mol. The third-order valence-electron chi connectivity index (χ3n) is 5.52. The highest BCUT2D eigenvalue weighted by molar-refractivity contribution is 5.95. The average molecular weight is 320 g/mol. The van der Waals surface area contributed by atoms with E-state index in [1.165, 1.54) is 22.3 Å². The Kier molecular flexibility index (Phi) is 3.89. The number of hydrogen-bond donors (Lipinski definition) is 0. The highest BCUT2D eigenvalue weighted by Gasteiger charge is 2.26. The Morgan fingerprint density at radius 1 is 1.00 bits per heavy atom. The van der Waals surface area contributed by atoms with E-state index in [0.717, 1.165) is 37.9 Å². The maximum absolute atomic E-state index is 12.9. The van der Waals surface area contributed by atoms with Gasteiger partial charge in [0.2, 0.25) is 0 Å². The largest absolute Gasteiger partial charge is 0.339 e. The second-order valence-electron chi connectivity index (χ2n) is 7.19. The van der Waals surface area contributed by atoms with Crippen molar-refractivity contribution in [3.63, 3.8) is 0 Å². The van der Waals surface area contributed by atoms with Crippen molar-refractivity contribution in [2.75, 3.05) is 27.2 Å². The fraction of sp³-hybridized carbons (Fsp3) is 0.381. The number of nitrogens with zero attached hydrogens (tertiary/aromatic N) is 2. The summed E-state index contributed by atoms with van der Waals surface area (Å²) in [6.07, 6.45) is 3.07. The highest BCUT2D eigenvalue weighted by atomic mass is 16.2. The predicted octanol–water partition coefficient (Wildman–Crippen LogP) is 3.42. The van der Waals surface area contributed by atoms with E-state index in [1.54, 1.807) is 0 Å². The van der Waals surface area contributed by atoms with Gasteiger partial charge in [0.15, 0.2) is 0 Å². The van der Waals surface area contributed by atoms with Gasteiger partial charge in [0.05, 0.1) is 0 Å². The average Bonchev–Trinajstić information content (AvgIpc) is 2.99. The van der Waals surface area contributed by atoms with Crippen LogP contribution in [-0.2, 0) is 6.42 Å². The van der Waals surface area contributed by atoms with Crippen molar-refractivity contribution in [2.24, 2.45) is 0 Å². The maximum Gasteiger partial charge on any atom is 0.253 e. The lowest BCUT2D eigenvalue weighted by atomic mass is 10.0. The van der Waals surface area contributed by atoms with Crippen molar-refractivity contribution in [3.8, 4) is 11.1 Å². The topological polar surface area (TPSA) is 23.6 Å². The quantitative estimate of drug-likeness (QED) is 0.722. The third-order valence-corrected chi connectivity index (χ3v) is 5.52. The molecule has 124 valence electrons. The van der Waals surface area contributed by atoms with E-state index < -0.39 is 0 Å². The third kappa shape index (κ3) is 2.63. The monoisotopic (exact) mass is 320 g/mol. The summed E-state index contributed by atoms with van der Waals surface area (Å²) in [5.74, 6) is 0.186. The minimum absolute atomic E-state index is 0.186. The van der Waals surface area contributed by atoms with Gasteiger partial charge in [-0.2, -0.15) is 0 Å². The molecule has 0 radical (unpaired) electrons. The van der Waals surface area contributed by atoms with Crippen LogP contribution in [0.5, 0.6) is 0 Å². The van der Waals surface area contributed by atoms with Gasteiger partial charge in [-0.05, 0) is 67.7 Å². The minimum atomic E-state index is 0.186. The number of fused-ring (bicyclic) bond motifs is 3. The zero-order chi connectivity index (χ0) is 16.7. The summed E-state index contributed by atoms with van der Waals surface area (Å²) < 4.78 is 0. The molecular formula is C21H24N2O. The zero-order valence-electron chi connectivity index (χ0n) is 14.5. The van der Waals surface area contributed by atoms with E-state index in [9.17, 15) is 4.79 Å². The Balaban J connectivity index is 1.52. The summed E-state index contributed by atoms with van der Waals surface area (Å²) in [5, 5.41) is 0. The Bertz CT molecular complexity index is 773. The fourth-order valence-electron chi connectivity index (χ4n) is 4.05. The number of amides is 1. The molecule has 0 bridgehead atoms. The Morgan fingerprint density at radius 3 is 2.46 bits per heavy atom. The molecule has 2 aromatic carbocycles. The standard InChI is InChI=1S/C21H24N2O/c1-22(2)18-9-11-23(12-10-18)21(24)16-7-8-20-17(14-16)13-15-5-3-4-6-19(15)20/h3-8,14,18H,9-13H2,1-2H3. The van der Waals surface area contributed by atoms with Crippen LogP contribution in [0.15, 0.2) is 42.5 Å². The molecule has 2 aliphatic rings. The second kappa shape index (κ2) is 6.06. The van der Waals surface area contributed by atoms with Gasteiger partial charge >= 0.3 is 0 Å². The van der Waals surface area contributed by atoms with Gasteiger partial charge in [-0.3, -0.25) is 4.79 Å². The molecule has 0 atom stereocenters. The first-order valence-corrected chi connectivity index (χ1v) is 8.80. The van der Waals surface area contributed by atoms with E-state index in [0.29, 0.717) is 6.04 Å². The molecule has 2 aromatic rings. The van der Waals surface area contributed by atoms with E-state index in [4.69, 9.17) is 0 Å². The fourth-order valence-corrected chi connectivity index (χ4v) is 4.05. The smallest absolute Gasteiger partial charge is 0.253 e. The van der Waals surface area contributed by atoms with Gasteiger partial charge in [0.1, 0.15) is 0 Å². The highest BCUT2D eigenvalue weighted by Crippen LogP contribution is 2.36. The van der Waals surface area contributed by atoms with Gasteiger partial charge in [-0.25, -0.2) is 0 Å². The molecule has 0 spiro atoms. The number of rotatable bonds is 2. The molecule has 1 heterocycles. The number of carbonyl (C=O) groups is 1. The van der Waals surface area contributed by atoms with Crippen LogP contribution in [0.1, 0.15) is 34.3 Å². The molecule has 1 aliphatic heterocycles. The molecule has 1 fully saturated rings. The molecule has 3 heteroatoms. The lowest BCUT2D eigenvalue weighted by molar-refractivity contribution is 0.0663. The van der Waals surface area contributed by atoms with Gasteiger partial charge in [0, 0.05) is 24.7 Å². The van der Waals surface area contributed by atoms with Crippen LogP contribution in [0, 0.1) is 0 Å². The number of benzene rings is 2. The SMILES string of the molecule is CN(C)C1CCN(C(=O)c2ccc3c(c2)Cc2ccccc2-3)CC1. The van der Waals surface area contributed by atoms with Crippen LogP contribution in [0.25, 0.3) is 11.1 Å². The van der Waals surface area contributed by atoms with Gasteiger partial charge in [-0.15, -0.1) is 0 Å². The normalized spacial score (nSPS) is 17.0. The lowest BCUT2D eigenvalue weighted by Crippen LogP contribution is -2.44. The number of hydrogen-bond acceptors (Lipinski definition) is 2. The van der Waals surface area contributed by atoms with Gasteiger partial charge in [-0.1, -0.05) is 30.3 Å². The first-order chi connectivity index (χ1) is 11.6. The van der Waals surface area contributed by atoms with Crippen LogP contribution in [-0.4, -0.2) is 48.9 Å². The summed E-state index contributed by atoms with van der Waals surface area (Å²) in [6.45, 7) is 1.72. The van der Waals surface area contributed by atoms with Crippen molar-refractivity contribution in [3.05, 3.63) is 59.2 Å². The molecule has 1 aliphatic carbocycles. The van der Waals surface area contributed by atoms with E-state index in [1.807, 2.05) is 11.0 Å². The second-order valence-corrected chi connectivity index (χ2v) is 7.19. The minimum Gasteiger partial charge on any atom is -0.339 e. The van der Waals surface area contributed by atoms with Crippen molar-refractivity contribution in [1.29, 1.82) is 0 Å². The molecule has 3 nitrogen and oxygen atoms in total. The summed E-state index contributed by atoms with van der Waals surface area (Å²) in [5.41, 5.74) is 6.09. The summed E-state index contributed by atoms with van der Waals surface area (Å²) in [6, 6.07) is 15.4. The van der Waals surface area contributed by atoms with Crippen LogP contribution in [0.3, 0.4) is 0 Å². The lowest BCUT2D eigenvalue weighted by Gasteiger charge is -2.35. The Hall–Kier alpha value is -2.13. The van der Waals surface area contributed by atoms with Gasteiger partial charge in [0.25, 0.3) is 5.91 Å². The summed E-state index contributed by atoms with van der Waals surface area (Å²) in [7, 11) is 4.25. The summed E-state index contributed by atoms with van der Waals surface area (Å²) in [4.78, 5) is 17.2. The van der Waals surface area contributed by atoms with Crippen LogP contribution in [0.4, 0.5) is 0 Å². The first-order valence-electron chi connectivity index (χ1n) is 8.80. The molecule has 0 aromatic heterocycles. The van der Waals surface area contributed by atoms with Crippen molar-refractivity contribution < 1.29 is 4.79 Å². The van der Waals surface area contributed by atoms with Crippen LogP contribution >= 0.6 is 0 Å². The van der Waals surface area contributed by atoms with E-state index in [-0.39, 0.29) is 5.91 Å². The van der Waals surface area contributed by atoms with Crippen molar-refractivity contribution in [2.45, 2.75) is 25.3 Å². The zero-order valence-corrected chi connectivity index (χ0v) is 14.5. The van der Waals surface area contributed by atoms with Crippen LogP contribution in [0.2, 0.25) is 0 Å². The molecule has 1 amide bonds.